The van der Waals surface area contributed by atoms with Gasteiger partial charge in [-0.2, -0.15) is 0 Å². The number of amides is 4. The van der Waals surface area contributed by atoms with Crippen LogP contribution in [0.1, 0.15) is 32.7 Å². The molecule has 2 aromatic rings. The molecule has 0 atom stereocenters. The van der Waals surface area contributed by atoms with Crippen LogP contribution in [0.5, 0.6) is 0 Å². The topological polar surface area (TPSA) is 78.5 Å². The molecule has 0 aliphatic carbocycles. The molecule has 0 spiro atoms. The molecular formula is C19H17Br2N3O3. The maximum Gasteiger partial charge on any atom is 0.319 e. The van der Waals surface area contributed by atoms with E-state index in [1.165, 1.54) is 4.90 Å². The maximum absolute atomic E-state index is 12.4. The molecule has 27 heavy (non-hydrogen) atoms. The number of nitrogens with zero attached hydrogens (tertiary/aromatic N) is 1. The van der Waals surface area contributed by atoms with Gasteiger partial charge in [0.15, 0.2) is 0 Å². The van der Waals surface area contributed by atoms with E-state index in [1.807, 2.05) is 25.1 Å². The van der Waals surface area contributed by atoms with E-state index in [0.717, 1.165) is 14.5 Å². The van der Waals surface area contributed by atoms with Crippen LogP contribution < -0.4 is 10.6 Å². The number of aryl methyl sites for hydroxylation is 1. The van der Waals surface area contributed by atoms with Gasteiger partial charge in [0.2, 0.25) is 0 Å². The van der Waals surface area contributed by atoms with Crippen LogP contribution in [0.4, 0.5) is 10.5 Å². The standard InChI is InChI=1S/C19H17Br2N3O3/c1-11-3-6-16(15(21)9-11)23-19(27)22-7-2-8-24-17(25)13-5-4-12(20)10-14(13)18(24)26/h3-6,9-10H,2,7-8H2,1H3,(H2,22,23,27). The van der Waals surface area contributed by atoms with Crippen molar-refractivity contribution in [3.05, 3.63) is 62.0 Å². The van der Waals surface area contributed by atoms with E-state index in [-0.39, 0.29) is 24.4 Å². The fraction of sp³-hybridized carbons (Fsp3) is 0.211. The summed E-state index contributed by atoms with van der Waals surface area (Å²) in [5.74, 6) is -0.597. The molecule has 8 heteroatoms. The van der Waals surface area contributed by atoms with E-state index in [0.29, 0.717) is 29.8 Å². The summed E-state index contributed by atoms with van der Waals surface area (Å²) in [5.41, 5.74) is 2.58. The number of rotatable bonds is 5. The van der Waals surface area contributed by atoms with E-state index in [2.05, 4.69) is 42.5 Å². The second-order valence-corrected chi connectivity index (χ2v) is 7.94. The van der Waals surface area contributed by atoms with Crippen molar-refractivity contribution in [1.82, 2.24) is 10.2 Å². The number of hydrogen-bond donors (Lipinski definition) is 2. The number of nitrogens with one attached hydrogen (secondary N) is 2. The van der Waals surface area contributed by atoms with Crippen molar-refractivity contribution in [2.24, 2.45) is 0 Å². The van der Waals surface area contributed by atoms with Gasteiger partial charge in [0.25, 0.3) is 11.8 Å². The number of carbonyl (C=O) groups excluding carboxylic acids is 3. The predicted octanol–water partition coefficient (Wildman–Crippen LogP) is 4.33. The molecule has 4 amide bonds. The van der Waals surface area contributed by atoms with Crippen LogP contribution in [-0.4, -0.2) is 35.8 Å². The normalized spacial score (nSPS) is 12.9. The molecule has 2 N–H and O–H groups in total. The Morgan fingerprint density at radius 2 is 1.78 bits per heavy atom. The maximum atomic E-state index is 12.4. The molecule has 6 nitrogen and oxygen atoms in total. The Bertz CT molecular complexity index is 930. The average molecular weight is 495 g/mol. The largest absolute Gasteiger partial charge is 0.338 e. The van der Waals surface area contributed by atoms with Gasteiger partial charge < -0.3 is 10.6 Å². The zero-order chi connectivity index (χ0) is 19.6. The molecule has 1 heterocycles. The smallest absolute Gasteiger partial charge is 0.319 e. The van der Waals surface area contributed by atoms with E-state index in [4.69, 9.17) is 0 Å². The highest BCUT2D eigenvalue weighted by Gasteiger charge is 2.34. The Kier molecular flexibility index (Phi) is 5.96. The second-order valence-electron chi connectivity index (χ2n) is 6.17. The molecule has 0 fully saturated rings. The minimum atomic E-state index is -0.342. The summed E-state index contributed by atoms with van der Waals surface area (Å²) in [7, 11) is 0. The monoisotopic (exact) mass is 493 g/mol. The van der Waals surface area contributed by atoms with E-state index in [9.17, 15) is 14.4 Å². The van der Waals surface area contributed by atoms with Gasteiger partial charge in [-0.25, -0.2) is 4.79 Å². The molecule has 0 aromatic heterocycles. The van der Waals surface area contributed by atoms with Crippen molar-refractivity contribution in [2.45, 2.75) is 13.3 Å². The van der Waals surface area contributed by atoms with Crippen LogP contribution in [0.15, 0.2) is 45.3 Å². The lowest BCUT2D eigenvalue weighted by Gasteiger charge is -2.14. The van der Waals surface area contributed by atoms with Crippen LogP contribution in [0.25, 0.3) is 0 Å². The van der Waals surface area contributed by atoms with Gasteiger partial charge in [-0.05, 0) is 65.2 Å². The van der Waals surface area contributed by atoms with Crippen molar-refractivity contribution in [1.29, 1.82) is 0 Å². The van der Waals surface area contributed by atoms with Crippen molar-refractivity contribution in [3.8, 4) is 0 Å². The molecule has 1 aliphatic rings. The lowest BCUT2D eigenvalue weighted by molar-refractivity contribution is 0.0653. The molecule has 0 saturated carbocycles. The Morgan fingerprint density at radius 3 is 2.52 bits per heavy atom. The SMILES string of the molecule is Cc1ccc(NC(=O)NCCCN2C(=O)c3ccc(Br)cc3C2=O)c(Br)c1. The van der Waals surface area contributed by atoms with Gasteiger partial charge >= 0.3 is 6.03 Å². The molecule has 140 valence electrons. The van der Waals surface area contributed by atoms with Gasteiger partial charge in [0, 0.05) is 22.0 Å². The van der Waals surface area contributed by atoms with Crippen molar-refractivity contribution in [2.75, 3.05) is 18.4 Å². The third kappa shape index (κ3) is 4.39. The van der Waals surface area contributed by atoms with Crippen LogP contribution in [0.2, 0.25) is 0 Å². The summed E-state index contributed by atoms with van der Waals surface area (Å²) < 4.78 is 1.56. The van der Waals surface area contributed by atoms with Gasteiger partial charge in [0.1, 0.15) is 0 Å². The molecular weight excluding hydrogens is 478 g/mol. The van der Waals surface area contributed by atoms with Gasteiger partial charge in [0.05, 0.1) is 16.8 Å². The fourth-order valence-electron chi connectivity index (χ4n) is 2.79. The zero-order valence-electron chi connectivity index (χ0n) is 14.5. The summed E-state index contributed by atoms with van der Waals surface area (Å²) in [6, 6.07) is 10.3. The van der Waals surface area contributed by atoms with Crippen LogP contribution in [0, 0.1) is 6.92 Å². The lowest BCUT2D eigenvalue weighted by atomic mass is 10.1. The van der Waals surface area contributed by atoms with Gasteiger partial charge in [-0.1, -0.05) is 22.0 Å². The molecule has 1 aliphatic heterocycles. The minimum Gasteiger partial charge on any atom is -0.338 e. The highest BCUT2D eigenvalue weighted by molar-refractivity contribution is 9.10. The molecule has 0 saturated heterocycles. The number of halogens is 2. The summed E-state index contributed by atoms with van der Waals surface area (Å²) >= 11 is 6.72. The summed E-state index contributed by atoms with van der Waals surface area (Å²) in [4.78, 5) is 37.9. The highest BCUT2D eigenvalue weighted by Crippen LogP contribution is 2.26. The molecule has 0 bridgehead atoms. The molecule has 0 unspecified atom stereocenters. The first-order valence-corrected chi connectivity index (χ1v) is 9.92. The van der Waals surface area contributed by atoms with Crippen LogP contribution in [-0.2, 0) is 0 Å². The Hall–Kier alpha value is -2.19. The van der Waals surface area contributed by atoms with Gasteiger partial charge in [-0.15, -0.1) is 0 Å². The molecule has 0 radical (unpaired) electrons. The van der Waals surface area contributed by atoms with Crippen molar-refractivity contribution in [3.63, 3.8) is 0 Å². The highest BCUT2D eigenvalue weighted by atomic mass is 79.9. The van der Waals surface area contributed by atoms with Gasteiger partial charge in [-0.3, -0.25) is 14.5 Å². The quantitative estimate of drug-likeness (QED) is 0.479. The Labute approximate surface area is 173 Å². The third-order valence-corrected chi connectivity index (χ3v) is 5.30. The number of benzene rings is 2. The van der Waals surface area contributed by atoms with E-state index < -0.39 is 0 Å². The third-order valence-electron chi connectivity index (χ3n) is 4.15. The van der Waals surface area contributed by atoms with Crippen LogP contribution >= 0.6 is 31.9 Å². The molecule has 2 aromatic carbocycles. The number of imide groups is 1. The number of carbonyl (C=O) groups is 3. The summed E-state index contributed by atoms with van der Waals surface area (Å²) in [6.07, 6.45) is 0.467. The van der Waals surface area contributed by atoms with Crippen LogP contribution in [0.3, 0.4) is 0 Å². The second kappa shape index (κ2) is 8.22. The summed E-state index contributed by atoms with van der Waals surface area (Å²) in [6.45, 7) is 2.55. The van der Waals surface area contributed by atoms with E-state index >= 15 is 0 Å². The fourth-order valence-corrected chi connectivity index (χ4v) is 3.75. The first kappa shape index (κ1) is 19.6. The number of fused-ring (bicyclic) bond motifs is 1. The number of anilines is 1. The molecule has 3 rings (SSSR count). The first-order chi connectivity index (χ1) is 12.9. The Morgan fingerprint density at radius 1 is 1.04 bits per heavy atom. The first-order valence-electron chi connectivity index (χ1n) is 8.33. The predicted molar refractivity (Wildman–Crippen MR) is 110 cm³/mol. The zero-order valence-corrected chi connectivity index (χ0v) is 17.7. The number of hydrogen-bond acceptors (Lipinski definition) is 3. The summed E-state index contributed by atoms with van der Waals surface area (Å²) in [5, 5.41) is 5.48. The Balaban J connectivity index is 1.48. The van der Waals surface area contributed by atoms with Crippen molar-refractivity contribution >= 4 is 55.4 Å². The lowest BCUT2D eigenvalue weighted by Crippen LogP contribution is -2.35. The number of urea groups is 1. The average Bonchev–Trinajstić information content (AvgIpc) is 2.85. The van der Waals surface area contributed by atoms with Crippen molar-refractivity contribution < 1.29 is 14.4 Å². The minimum absolute atomic E-state index is 0.248. The van der Waals surface area contributed by atoms with E-state index in [1.54, 1.807) is 18.2 Å².